The molecule has 2 rings (SSSR count). The molecule has 0 spiro atoms. The lowest BCUT2D eigenvalue weighted by Gasteiger charge is -2.05. The van der Waals surface area contributed by atoms with Crippen molar-refractivity contribution < 1.29 is 19.4 Å². The van der Waals surface area contributed by atoms with Crippen molar-refractivity contribution >= 4 is 28.9 Å². The van der Waals surface area contributed by atoms with Crippen LogP contribution in [0.15, 0.2) is 23.8 Å². The predicted molar refractivity (Wildman–Crippen MR) is 90.8 cm³/mol. The molecule has 0 aliphatic rings. The normalized spacial score (nSPS) is 11.3. The smallest absolute Gasteiger partial charge is 0.357 e. The molecule has 0 radical (unpaired) electrons. The van der Waals surface area contributed by atoms with Crippen LogP contribution in [0.2, 0.25) is 0 Å². The third-order valence-electron chi connectivity index (χ3n) is 3.44. The van der Waals surface area contributed by atoms with E-state index in [1.54, 1.807) is 18.2 Å². The molecule has 3 N–H and O–H groups in total. The lowest BCUT2D eigenvalue weighted by molar-refractivity contribution is -0.117. The van der Waals surface area contributed by atoms with E-state index < -0.39 is 11.9 Å². The first kappa shape index (κ1) is 18.2. The summed E-state index contributed by atoms with van der Waals surface area (Å²) in [7, 11) is 0. The number of amides is 1. The van der Waals surface area contributed by atoms with Crippen LogP contribution in [0.25, 0.3) is 17.0 Å². The number of carboxylic acids is 1. The third-order valence-corrected chi connectivity index (χ3v) is 3.44. The average molecular weight is 342 g/mol. The van der Waals surface area contributed by atoms with Crippen LogP contribution in [0.5, 0.6) is 0 Å². The number of rotatable bonds is 8. The summed E-state index contributed by atoms with van der Waals surface area (Å²) >= 11 is 0. The number of fused-ring (bicyclic) bond motifs is 1. The highest BCUT2D eigenvalue weighted by atomic mass is 16.5. The van der Waals surface area contributed by atoms with Gasteiger partial charge in [-0.25, -0.2) is 4.79 Å². The Bertz CT molecular complexity index is 848. The number of carbonyl (C=O) groups is 2. The molecule has 1 aromatic heterocycles. The van der Waals surface area contributed by atoms with Crippen LogP contribution in [0.1, 0.15) is 29.4 Å². The van der Waals surface area contributed by atoms with Crippen LogP contribution in [-0.2, 0) is 9.53 Å². The minimum atomic E-state index is -1.19. The molecule has 0 aliphatic carbocycles. The summed E-state index contributed by atoms with van der Waals surface area (Å²) in [5.74, 6) is -1.71. The van der Waals surface area contributed by atoms with Gasteiger partial charge in [0, 0.05) is 25.1 Å². The molecule has 0 atom stereocenters. The van der Waals surface area contributed by atoms with E-state index in [0.717, 1.165) is 0 Å². The Labute approximate surface area is 144 Å². The standard InChI is InChI=1S/C17H18N4O4/c1-2-25-8-4-7-19-16(22)12(10-18)9-11-5-3-6-13-14(11)15(17(23)24)21-20-13/h3,5-6,9H,2,4,7-8H2,1H3,(H,19,22)(H,20,21)(H,23,24). The van der Waals surface area contributed by atoms with Gasteiger partial charge in [-0.3, -0.25) is 9.89 Å². The Balaban J connectivity index is 2.23. The molecule has 1 aromatic carbocycles. The molecule has 8 nitrogen and oxygen atoms in total. The van der Waals surface area contributed by atoms with E-state index in [-0.39, 0.29) is 11.3 Å². The highest BCUT2D eigenvalue weighted by Crippen LogP contribution is 2.23. The molecular formula is C17H18N4O4. The highest BCUT2D eigenvalue weighted by molar-refractivity contribution is 6.08. The van der Waals surface area contributed by atoms with E-state index in [9.17, 15) is 20.0 Å². The number of H-pyrrole nitrogens is 1. The van der Waals surface area contributed by atoms with Gasteiger partial charge in [0.15, 0.2) is 5.69 Å². The molecule has 2 aromatic rings. The number of nitriles is 1. The zero-order chi connectivity index (χ0) is 18.2. The molecule has 0 saturated carbocycles. The van der Waals surface area contributed by atoms with Crippen LogP contribution < -0.4 is 5.32 Å². The van der Waals surface area contributed by atoms with Crippen LogP contribution >= 0.6 is 0 Å². The van der Waals surface area contributed by atoms with Crippen molar-refractivity contribution in [3.8, 4) is 6.07 Å². The fourth-order valence-corrected chi connectivity index (χ4v) is 2.29. The average Bonchev–Trinajstić information content (AvgIpc) is 3.04. The molecule has 0 aliphatic heterocycles. The monoisotopic (exact) mass is 342 g/mol. The lowest BCUT2D eigenvalue weighted by Crippen LogP contribution is -2.26. The van der Waals surface area contributed by atoms with Gasteiger partial charge >= 0.3 is 5.97 Å². The van der Waals surface area contributed by atoms with Gasteiger partial charge in [-0.05, 0) is 31.1 Å². The third kappa shape index (κ3) is 4.43. The van der Waals surface area contributed by atoms with Gasteiger partial charge in [0.2, 0.25) is 0 Å². The highest BCUT2D eigenvalue weighted by Gasteiger charge is 2.16. The first-order valence-corrected chi connectivity index (χ1v) is 7.76. The second-order valence-corrected chi connectivity index (χ2v) is 5.12. The van der Waals surface area contributed by atoms with Gasteiger partial charge in [0.25, 0.3) is 5.91 Å². The number of hydrogen-bond acceptors (Lipinski definition) is 5. The fourth-order valence-electron chi connectivity index (χ4n) is 2.29. The molecule has 1 heterocycles. The maximum atomic E-state index is 12.1. The van der Waals surface area contributed by atoms with Crippen LogP contribution in [-0.4, -0.2) is 46.9 Å². The molecule has 0 bridgehead atoms. The van der Waals surface area contributed by atoms with Crippen molar-refractivity contribution in [1.29, 1.82) is 5.26 Å². The van der Waals surface area contributed by atoms with E-state index in [0.29, 0.717) is 42.6 Å². The lowest BCUT2D eigenvalue weighted by atomic mass is 10.0. The van der Waals surface area contributed by atoms with E-state index in [4.69, 9.17) is 4.74 Å². The molecule has 1 amide bonds. The zero-order valence-corrected chi connectivity index (χ0v) is 13.7. The Hall–Kier alpha value is -3.18. The number of carboxylic acid groups (broad SMARTS) is 1. The van der Waals surface area contributed by atoms with Gasteiger partial charge in [0.05, 0.1) is 5.52 Å². The van der Waals surface area contributed by atoms with Crippen molar-refractivity contribution in [2.75, 3.05) is 19.8 Å². The first-order valence-electron chi connectivity index (χ1n) is 7.76. The molecule has 0 saturated heterocycles. The van der Waals surface area contributed by atoms with Crippen molar-refractivity contribution in [2.45, 2.75) is 13.3 Å². The number of aromatic nitrogens is 2. The molecular weight excluding hydrogens is 324 g/mol. The van der Waals surface area contributed by atoms with E-state index in [1.165, 1.54) is 6.08 Å². The molecule has 0 unspecified atom stereocenters. The maximum absolute atomic E-state index is 12.1. The molecule has 0 fully saturated rings. The van der Waals surface area contributed by atoms with E-state index >= 15 is 0 Å². The number of nitrogens with one attached hydrogen (secondary N) is 2. The fraction of sp³-hybridized carbons (Fsp3) is 0.294. The van der Waals surface area contributed by atoms with Gasteiger partial charge < -0.3 is 15.2 Å². The van der Waals surface area contributed by atoms with Gasteiger partial charge in [0.1, 0.15) is 11.6 Å². The van der Waals surface area contributed by atoms with Crippen LogP contribution in [0.4, 0.5) is 0 Å². The van der Waals surface area contributed by atoms with Gasteiger partial charge in [-0.1, -0.05) is 12.1 Å². The minimum Gasteiger partial charge on any atom is -0.476 e. The van der Waals surface area contributed by atoms with Crippen LogP contribution in [0, 0.1) is 11.3 Å². The molecule has 130 valence electrons. The van der Waals surface area contributed by atoms with Gasteiger partial charge in [-0.15, -0.1) is 0 Å². The first-order chi connectivity index (χ1) is 12.1. The number of carbonyl (C=O) groups excluding carboxylic acids is 1. The van der Waals surface area contributed by atoms with Gasteiger partial charge in [-0.2, -0.15) is 10.4 Å². The number of nitrogens with zero attached hydrogens (tertiary/aromatic N) is 2. The number of aromatic amines is 1. The second kappa shape index (κ2) is 8.61. The van der Waals surface area contributed by atoms with Crippen LogP contribution in [0.3, 0.4) is 0 Å². The zero-order valence-electron chi connectivity index (χ0n) is 13.7. The topological polar surface area (TPSA) is 128 Å². The summed E-state index contributed by atoms with van der Waals surface area (Å²) < 4.78 is 5.18. The molecule has 25 heavy (non-hydrogen) atoms. The summed E-state index contributed by atoms with van der Waals surface area (Å²) in [6, 6.07) is 6.84. The van der Waals surface area contributed by atoms with E-state index in [2.05, 4.69) is 15.5 Å². The Morgan fingerprint density at radius 2 is 2.28 bits per heavy atom. The minimum absolute atomic E-state index is 0.110. The Morgan fingerprint density at radius 3 is 2.96 bits per heavy atom. The second-order valence-electron chi connectivity index (χ2n) is 5.12. The van der Waals surface area contributed by atoms with E-state index in [1.807, 2.05) is 13.0 Å². The van der Waals surface area contributed by atoms with Crippen molar-refractivity contribution in [3.63, 3.8) is 0 Å². The summed E-state index contributed by atoms with van der Waals surface area (Å²) in [6.07, 6.45) is 2.00. The SMILES string of the molecule is CCOCCCNC(=O)C(C#N)=Cc1cccc2[nH]nc(C(=O)O)c12. The summed E-state index contributed by atoms with van der Waals surface area (Å²) in [5.41, 5.74) is 0.683. The van der Waals surface area contributed by atoms with Crippen molar-refractivity contribution in [1.82, 2.24) is 15.5 Å². The molecule has 8 heteroatoms. The number of benzene rings is 1. The van der Waals surface area contributed by atoms with Crippen molar-refractivity contribution in [2.24, 2.45) is 0 Å². The van der Waals surface area contributed by atoms with Crippen molar-refractivity contribution in [3.05, 3.63) is 35.0 Å². The number of hydrogen-bond donors (Lipinski definition) is 3. The summed E-state index contributed by atoms with van der Waals surface area (Å²) in [4.78, 5) is 23.4. The Morgan fingerprint density at radius 1 is 1.48 bits per heavy atom. The largest absolute Gasteiger partial charge is 0.476 e. The summed E-state index contributed by atoms with van der Waals surface area (Å²) in [5, 5.41) is 27.9. The quantitative estimate of drug-likeness (QED) is 0.380. The number of ether oxygens (including phenoxy) is 1. The maximum Gasteiger partial charge on any atom is 0.357 e. The summed E-state index contributed by atoms with van der Waals surface area (Å²) in [6.45, 7) is 3.40. The Kier molecular flexibility index (Phi) is 6.26. The predicted octanol–water partition coefficient (Wildman–Crippen LogP) is 1.71. The number of aromatic carboxylic acids is 1.